The van der Waals surface area contributed by atoms with Gasteiger partial charge in [0.1, 0.15) is 13.2 Å². The van der Waals surface area contributed by atoms with Gasteiger partial charge in [0.2, 0.25) is 0 Å². The van der Waals surface area contributed by atoms with Crippen molar-refractivity contribution < 1.29 is 14.2 Å². The van der Waals surface area contributed by atoms with Crippen molar-refractivity contribution in [2.45, 2.75) is 39.0 Å². The van der Waals surface area contributed by atoms with Crippen LogP contribution in [-0.2, 0) is 10.2 Å². The second kappa shape index (κ2) is 12.3. The van der Waals surface area contributed by atoms with Crippen LogP contribution in [0.2, 0.25) is 0 Å². The number of unbranched alkanes of at least 4 members (excludes halogenated alkanes) is 1. The zero-order valence-corrected chi connectivity index (χ0v) is 19.3. The molecule has 0 aliphatic carbocycles. The fourth-order valence-corrected chi connectivity index (χ4v) is 2.77. The predicted molar refractivity (Wildman–Crippen MR) is 121 cm³/mol. The number of ether oxygens (including phenoxy) is 3. The summed E-state index contributed by atoms with van der Waals surface area (Å²) in [5.74, 6) is 2.49. The molecule has 0 saturated carbocycles. The molecule has 27 heavy (non-hydrogen) atoms. The van der Waals surface area contributed by atoms with Crippen molar-refractivity contribution >= 4 is 29.9 Å². The summed E-state index contributed by atoms with van der Waals surface area (Å²) in [5.41, 5.74) is 1.14. The lowest BCUT2D eigenvalue weighted by Crippen LogP contribution is -2.43. The van der Waals surface area contributed by atoms with E-state index in [2.05, 4.69) is 41.6 Å². The van der Waals surface area contributed by atoms with E-state index in [1.165, 1.54) is 5.56 Å². The number of guanidine groups is 1. The first-order chi connectivity index (χ1) is 12.6. The molecule has 0 spiro atoms. The molecule has 0 unspecified atom stereocenters. The lowest BCUT2D eigenvalue weighted by atomic mass is 9.84. The Balaban J connectivity index is 0.00000364. The van der Waals surface area contributed by atoms with Gasteiger partial charge in [-0.3, -0.25) is 4.99 Å². The van der Waals surface area contributed by atoms with Crippen LogP contribution < -0.4 is 20.1 Å². The van der Waals surface area contributed by atoms with Crippen LogP contribution in [0.5, 0.6) is 11.5 Å². The maximum Gasteiger partial charge on any atom is 0.191 e. The van der Waals surface area contributed by atoms with Crippen molar-refractivity contribution in [3.63, 3.8) is 0 Å². The van der Waals surface area contributed by atoms with E-state index >= 15 is 0 Å². The van der Waals surface area contributed by atoms with E-state index in [4.69, 9.17) is 14.2 Å². The van der Waals surface area contributed by atoms with Gasteiger partial charge in [-0.1, -0.05) is 19.9 Å². The lowest BCUT2D eigenvalue weighted by Gasteiger charge is -2.28. The molecular weight excluding hydrogens is 457 g/mol. The summed E-state index contributed by atoms with van der Waals surface area (Å²) in [4.78, 5) is 4.31. The first kappa shape index (κ1) is 23.8. The Hall–Kier alpha value is -1.22. The van der Waals surface area contributed by atoms with Crippen molar-refractivity contribution in [1.29, 1.82) is 0 Å². The minimum absolute atomic E-state index is 0. The van der Waals surface area contributed by atoms with Crippen molar-refractivity contribution in [2.75, 3.05) is 46.6 Å². The normalized spacial score (nSPS) is 13.7. The summed E-state index contributed by atoms with van der Waals surface area (Å²) >= 11 is 0. The molecule has 0 bridgehead atoms. The average Bonchev–Trinajstić information content (AvgIpc) is 2.66. The molecule has 0 fully saturated rings. The van der Waals surface area contributed by atoms with Crippen LogP contribution in [0.3, 0.4) is 0 Å². The highest BCUT2D eigenvalue weighted by Gasteiger charge is 2.23. The maximum absolute atomic E-state index is 5.71. The van der Waals surface area contributed by atoms with Crippen LogP contribution in [0, 0.1) is 0 Å². The maximum atomic E-state index is 5.71. The fraction of sp³-hybridized carbons (Fsp3) is 0.650. The smallest absolute Gasteiger partial charge is 0.191 e. The number of hydrogen-bond donors (Lipinski definition) is 2. The largest absolute Gasteiger partial charge is 0.486 e. The first-order valence-electron chi connectivity index (χ1n) is 9.49. The Morgan fingerprint density at radius 2 is 1.89 bits per heavy atom. The number of halogens is 1. The summed E-state index contributed by atoms with van der Waals surface area (Å²) in [6.45, 7) is 10.9. The molecule has 2 N–H and O–H groups in total. The van der Waals surface area contributed by atoms with Gasteiger partial charge in [0.15, 0.2) is 17.5 Å². The average molecular weight is 491 g/mol. The highest BCUT2D eigenvalue weighted by Crippen LogP contribution is 2.34. The molecule has 0 aromatic heterocycles. The topological polar surface area (TPSA) is 64.1 Å². The van der Waals surface area contributed by atoms with Gasteiger partial charge in [0, 0.05) is 38.8 Å². The molecule has 2 rings (SSSR count). The molecule has 1 aromatic rings. The van der Waals surface area contributed by atoms with Crippen LogP contribution in [-0.4, -0.2) is 52.5 Å². The SMILES string of the molecule is CCOCCCCNC(=NC)NCC(C)(C)c1ccc2c(c1)OCCO2.I. The van der Waals surface area contributed by atoms with E-state index in [1.54, 1.807) is 7.05 Å². The minimum atomic E-state index is -0.0670. The predicted octanol–water partition coefficient (Wildman–Crippen LogP) is 3.34. The monoisotopic (exact) mass is 491 g/mol. The van der Waals surface area contributed by atoms with Gasteiger partial charge in [-0.2, -0.15) is 0 Å². The molecule has 7 heteroatoms. The number of nitrogens with zero attached hydrogens (tertiary/aromatic N) is 1. The van der Waals surface area contributed by atoms with Crippen molar-refractivity contribution in [3.8, 4) is 11.5 Å². The highest BCUT2D eigenvalue weighted by molar-refractivity contribution is 14.0. The number of benzene rings is 1. The van der Waals surface area contributed by atoms with Gasteiger partial charge < -0.3 is 24.8 Å². The third-order valence-corrected chi connectivity index (χ3v) is 4.46. The second-order valence-electron chi connectivity index (χ2n) is 7.00. The number of nitrogens with one attached hydrogen (secondary N) is 2. The molecule has 154 valence electrons. The molecule has 1 heterocycles. The number of hydrogen-bond acceptors (Lipinski definition) is 4. The van der Waals surface area contributed by atoms with Gasteiger partial charge in [-0.15, -0.1) is 24.0 Å². The van der Waals surface area contributed by atoms with Gasteiger partial charge in [-0.25, -0.2) is 0 Å². The molecule has 1 aliphatic heterocycles. The Morgan fingerprint density at radius 1 is 1.15 bits per heavy atom. The van der Waals surface area contributed by atoms with Gasteiger partial charge in [0.05, 0.1) is 0 Å². The zero-order chi connectivity index (χ0) is 18.8. The first-order valence-corrected chi connectivity index (χ1v) is 9.49. The molecule has 0 saturated heterocycles. The Bertz CT molecular complexity index is 594. The molecule has 6 nitrogen and oxygen atoms in total. The third kappa shape index (κ3) is 7.73. The standard InChI is InChI=1S/C20H33N3O3.HI/c1-5-24-11-7-6-10-22-19(21-4)23-15-20(2,3)16-8-9-17-18(14-16)26-13-12-25-17;/h8-9,14H,5-7,10-13,15H2,1-4H3,(H2,21,22,23);1H. The number of rotatable bonds is 9. The second-order valence-corrected chi connectivity index (χ2v) is 7.00. The van der Waals surface area contributed by atoms with E-state index in [0.717, 1.165) is 56.6 Å². The van der Waals surface area contributed by atoms with Crippen molar-refractivity contribution in [2.24, 2.45) is 4.99 Å². The Labute approximate surface area is 180 Å². The van der Waals surface area contributed by atoms with Crippen LogP contribution in [0.4, 0.5) is 0 Å². The Morgan fingerprint density at radius 3 is 2.59 bits per heavy atom. The van der Waals surface area contributed by atoms with Crippen LogP contribution in [0.15, 0.2) is 23.2 Å². The van der Waals surface area contributed by atoms with Gasteiger partial charge in [-0.05, 0) is 37.5 Å². The van der Waals surface area contributed by atoms with Crippen LogP contribution in [0.1, 0.15) is 39.2 Å². The van der Waals surface area contributed by atoms with Crippen molar-refractivity contribution in [3.05, 3.63) is 23.8 Å². The number of aliphatic imine (C=N–C) groups is 1. The zero-order valence-electron chi connectivity index (χ0n) is 17.0. The molecular formula is C20H34IN3O3. The van der Waals surface area contributed by atoms with E-state index in [9.17, 15) is 0 Å². The van der Waals surface area contributed by atoms with E-state index in [0.29, 0.717) is 13.2 Å². The summed E-state index contributed by atoms with van der Waals surface area (Å²) in [7, 11) is 1.80. The molecule has 1 aromatic carbocycles. The minimum Gasteiger partial charge on any atom is -0.486 e. The number of fused-ring (bicyclic) bond motifs is 1. The summed E-state index contributed by atoms with van der Waals surface area (Å²) in [6.07, 6.45) is 2.12. The highest BCUT2D eigenvalue weighted by atomic mass is 127. The van der Waals surface area contributed by atoms with Crippen LogP contribution in [0.25, 0.3) is 0 Å². The Kier molecular flexibility index (Phi) is 10.8. The van der Waals surface area contributed by atoms with Crippen LogP contribution >= 0.6 is 24.0 Å². The van der Waals surface area contributed by atoms with Gasteiger partial charge in [0.25, 0.3) is 0 Å². The molecule has 0 atom stereocenters. The molecule has 0 radical (unpaired) electrons. The summed E-state index contributed by atoms with van der Waals surface area (Å²) < 4.78 is 16.7. The fourth-order valence-electron chi connectivity index (χ4n) is 2.77. The lowest BCUT2D eigenvalue weighted by molar-refractivity contribution is 0.143. The molecule has 0 amide bonds. The van der Waals surface area contributed by atoms with Gasteiger partial charge >= 0.3 is 0 Å². The van der Waals surface area contributed by atoms with E-state index in [1.807, 2.05) is 13.0 Å². The quantitative estimate of drug-likeness (QED) is 0.240. The van der Waals surface area contributed by atoms with E-state index in [-0.39, 0.29) is 29.4 Å². The van der Waals surface area contributed by atoms with Crippen molar-refractivity contribution in [1.82, 2.24) is 10.6 Å². The molecule has 1 aliphatic rings. The summed E-state index contributed by atoms with van der Waals surface area (Å²) in [5, 5.41) is 6.78. The van der Waals surface area contributed by atoms with E-state index < -0.39 is 0 Å². The summed E-state index contributed by atoms with van der Waals surface area (Å²) in [6, 6.07) is 6.19. The third-order valence-electron chi connectivity index (χ3n) is 4.46.